The number of nitrogens with zero attached hydrogens (tertiary/aromatic N) is 1. The third-order valence-corrected chi connectivity index (χ3v) is 5.05. The van der Waals surface area contributed by atoms with E-state index in [1.807, 2.05) is 26.0 Å². The predicted molar refractivity (Wildman–Crippen MR) is 82.9 cm³/mol. The van der Waals surface area contributed by atoms with E-state index in [9.17, 15) is 8.42 Å². The number of anilines is 1. The molecule has 0 amide bonds. The molecule has 0 bridgehead atoms. The standard InChI is InChI=1S/C15H13ClN2O2S/c1-10-4-3-5-14(11(10)2)18-21(19,20)15-8-12(9-17)6-7-13(15)16/h3-8,18H,1-2H3. The number of hydrogen-bond donors (Lipinski definition) is 1. The number of nitriles is 1. The van der Waals surface area contributed by atoms with Crippen LogP contribution in [0.5, 0.6) is 0 Å². The van der Waals surface area contributed by atoms with Crippen LogP contribution in [0.4, 0.5) is 5.69 Å². The van der Waals surface area contributed by atoms with E-state index in [1.54, 1.807) is 12.1 Å². The monoisotopic (exact) mass is 320 g/mol. The molecule has 0 aliphatic carbocycles. The number of benzene rings is 2. The molecule has 0 saturated heterocycles. The minimum absolute atomic E-state index is 0.0757. The lowest BCUT2D eigenvalue weighted by Crippen LogP contribution is -2.14. The molecular formula is C15H13ClN2O2S. The number of aryl methyl sites for hydroxylation is 1. The summed E-state index contributed by atoms with van der Waals surface area (Å²) in [6.45, 7) is 3.73. The topological polar surface area (TPSA) is 70.0 Å². The lowest BCUT2D eigenvalue weighted by atomic mass is 10.1. The maximum absolute atomic E-state index is 12.4. The molecule has 0 spiro atoms. The molecule has 0 radical (unpaired) electrons. The van der Waals surface area contributed by atoms with Crippen LogP contribution >= 0.6 is 11.6 Å². The van der Waals surface area contributed by atoms with Crippen molar-refractivity contribution in [3.63, 3.8) is 0 Å². The fourth-order valence-electron chi connectivity index (χ4n) is 1.84. The van der Waals surface area contributed by atoms with Crippen LogP contribution in [-0.2, 0) is 10.0 Å². The normalized spacial score (nSPS) is 11.0. The van der Waals surface area contributed by atoms with E-state index in [0.29, 0.717) is 5.69 Å². The molecule has 2 aromatic carbocycles. The molecule has 0 atom stereocenters. The summed E-state index contributed by atoms with van der Waals surface area (Å²) in [7, 11) is -3.85. The highest BCUT2D eigenvalue weighted by molar-refractivity contribution is 7.92. The number of sulfonamides is 1. The van der Waals surface area contributed by atoms with Crippen molar-refractivity contribution in [1.82, 2.24) is 0 Å². The van der Waals surface area contributed by atoms with Gasteiger partial charge in [0.1, 0.15) is 4.90 Å². The highest BCUT2D eigenvalue weighted by Gasteiger charge is 2.19. The van der Waals surface area contributed by atoms with Crippen LogP contribution in [-0.4, -0.2) is 8.42 Å². The van der Waals surface area contributed by atoms with Gasteiger partial charge in [-0.05, 0) is 49.2 Å². The zero-order valence-corrected chi connectivity index (χ0v) is 13.1. The zero-order chi connectivity index (χ0) is 15.6. The first-order chi connectivity index (χ1) is 9.85. The van der Waals surface area contributed by atoms with Crippen LogP contribution in [0, 0.1) is 25.2 Å². The van der Waals surface area contributed by atoms with E-state index < -0.39 is 10.0 Å². The maximum atomic E-state index is 12.4. The van der Waals surface area contributed by atoms with Gasteiger partial charge in [0.15, 0.2) is 0 Å². The Morgan fingerprint density at radius 3 is 2.57 bits per heavy atom. The van der Waals surface area contributed by atoms with Gasteiger partial charge in [-0.3, -0.25) is 4.72 Å². The second kappa shape index (κ2) is 5.76. The van der Waals surface area contributed by atoms with Crippen molar-refractivity contribution in [3.05, 3.63) is 58.1 Å². The van der Waals surface area contributed by atoms with Crippen LogP contribution in [0.25, 0.3) is 0 Å². The Kier molecular flexibility index (Phi) is 4.21. The number of halogens is 1. The zero-order valence-electron chi connectivity index (χ0n) is 11.5. The van der Waals surface area contributed by atoms with E-state index in [-0.39, 0.29) is 15.5 Å². The first kappa shape index (κ1) is 15.4. The molecule has 2 rings (SSSR count). The van der Waals surface area contributed by atoms with Gasteiger partial charge in [0.05, 0.1) is 22.3 Å². The van der Waals surface area contributed by atoms with Crippen molar-refractivity contribution >= 4 is 27.3 Å². The first-order valence-corrected chi connectivity index (χ1v) is 8.00. The van der Waals surface area contributed by atoms with Crippen molar-refractivity contribution < 1.29 is 8.42 Å². The van der Waals surface area contributed by atoms with Gasteiger partial charge in [0.25, 0.3) is 10.0 Å². The van der Waals surface area contributed by atoms with Gasteiger partial charge in [-0.1, -0.05) is 23.7 Å². The molecule has 4 nitrogen and oxygen atoms in total. The molecule has 0 aliphatic heterocycles. The summed E-state index contributed by atoms with van der Waals surface area (Å²) >= 11 is 5.95. The number of nitrogens with one attached hydrogen (secondary N) is 1. The molecule has 0 heterocycles. The summed E-state index contributed by atoms with van der Waals surface area (Å²) in [6.07, 6.45) is 0. The molecular weight excluding hydrogens is 308 g/mol. The second-order valence-corrected chi connectivity index (χ2v) is 6.67. The van der Waals surface area contributed by atoms with Crippen molar-refractivity contribution in [2.75, 3.05) is 4.72 Å². The van der Waals surface area contributed by atoms with Crippen molar-refractivity contribution in [2.45, 2.75) is 18.7 Å². The Hall–Kier alpha value is -2.03. The Morgan fingerprint density at radius 2 is 1.90 bits per heavy atom. The van der Waals surface area contributed by atoms with Gasteiger partial charge in [0.2, 0.25) is 0 Å². The summed E-state index contributed by atoms with van der Waals surface area (Å²) in [4.78, 5) is -0.107. The van der Waals surface area contributed by atoms with E-state index in [2.05, 4.69) is 4.72 Å². The summed E-state index contributed by atoms with van der Waals surface area (Å²) in [6, 6.07) is 11.4. The Bertz CT molecular complexity index is 839. The van der Waals surface area contributed by atoms with Crippen LogP contribution in [0.3, 0.4) is 0 Å². The van der Waals surface area contributed by atoms with Crippen LogP contribution in [0.1, 0.15) is 16.7 Å². The molecule has 108 valence electrons. The fourth-order valence-corrected chi connectivity index (χ4v) is 3.49. The Balaban J connectivity index is 2.49. The molecule has 0 aromatic heterocycles. The van der Waals surface area contributed by atoms with Crippen LogP contribution < -0.4 is 4.72 Å². The van der Waals surface area contributed by atoms with Crippen molar-refractivity contribution in [1.29, 1.82) is 5.26 Å². The molecule has 6 heteroatoms. The summed E-state index contributed by atoms with van der Waals surface area (Å²) in [5, 5.41) is 8.96. The molecule has 0 saturated carbocycles. The Morgan fingerprint density at radius 1 is 1.19 bits per heavy atom. The summed E-state index contributed by atoms with van der Waals surface area (Å²) < 4.78 is 27.4. The molecule has 2 aromatic rings. The number of rotatable bonds is 3. The third-order valence-electron chi connectivity index (χ3n) is 3.20. The average Bonchev–Trinajstić information content (AvgIpc) is 2.44. The van der Waals surface area contributed by atoms with E-state index in [0.717, 1.165) is 11.1 Å². The van der Waals surface area contributed by atoms with Gasteiger partial charge >= 0.3 is 0 Å². The molecule has 21 heavy (non-hydrogen) atoms. The smallest absolute Gasteiger partial charge is 0.263 e. The number of hydrogen-bond acceptors (Lipinski definition) is 3. The third kappa shape index (κ3) is 3.18. The van der Waals surface area contributed by atoms with Crippen LogP contribution in [0.2, 0.25) is 5.02 Å². The Labute approximate surface area is 129 Å². The van der Waals surface area contributed by atoms with Crippen LogP contribution in [0.15, 0.2) is 41.3 Å². The highest BCUT2D eigenvalue weighted by Crippen LogP contribution is 2.26. The fraction of sp³-hybridized carbons (Fsp3) is 0.133. The summed E-state index contributed by atoms with van der Waals surface area (Å²) in [5.41, 5.74) is 2.55. The maximum Gasteiger partial charge on any atom is 0.263 e. The van der Waals surface area contributed by atoms with E-state index in [1.165, 1.54) is 18.2 Å². The van der Waals surface area contributed by atoms with Gasteiger partial charge in [0, 0.05) is 0 Å². The molecule has 0 unspecified atom stereocenters. The largest absolute Gasteiger partial charge is 0.279 e. The molecule has 0 aliphatic rings. The highest BCUT2D eigenvalue weighted by atomic mass is 35.5. The van der Waals surface area contributed by atoms with E-state index >= 15 is 0 Å². The lowest BCUT2D eigenvalue weighted by Gasteiger charge is -2.13. The van der Waals surface area contributed by atoms with Crippen molar-refractivity contribution in [2.24, 2.45) is 0 Å². The lowest BCUT2D eigenvalue weighted by molar-refractivity contribution is 0.601. The van der Waals surface area contributed by atoms with Gasteiger partial charge < -0.3 is 0 Å². The molecule has 0 fully saturated rings. The van der Waals surface area contributed by atoms with Crippen molar-refractivity contribution in [3.8, 4) is 6.07 Å². The minimum atomic E-state index is -3.85. The first-order valence-electron chi connectivity index (χ1n) is 6.14. The quantitative estimate of drug-likeness (QED) is 0.938. The minimum Gasteiger partial charge on any atom is -0.279 e. The predicted octanol–water partition coefficient (Wildman–Crippen LogP) is 3.63. The SMILES string of the molecule is Cc1cccc(NS(=O)(=O)c2cc(C#N)ccc2Cl)c1C. The van der Waals surface area contributed by atoms with Gasteiger partial charge in [-0.25, -0.2) is 8.42 Å². The second-order valence-electron chi connectivity index (χ2n) is 4.61. The average molecular weight is 321 g/mol. The van der Waals surface area contributed by atoms with Gasteiger partial charge in [-0.15, -0.1) is 0 Å². The molecule has 1 N–H and O–H groups in total. The van der Waals surface area contributed by atoms with Gasteiger partial charge in [-0.2, -0.15) is 5.26 Å². The van der Waals surface area contributed by atoms with E-state index in [4.69, 9.17) is 16.9 Å². The summed E-state index contributed by atoms with van der Waals surface area (Å²) in [5.74, 6) is 0.